The Hall–Kier alpha value is -3.41. The Bertz CT molecular complexity index is 1050. The van der Waals surface area contributed by atoms with Crippen molar-refractivity contribution < 1.29 is 19.1 Å². The molecule has 3 rings (SSSR count). The number of esters is 1. The fraction of sp³-hybridized carbons (Fsp3) is 0.261. The van der Waals surface area contributed by atoms with Crippen molar-refractivity contribution in [3.63, 3.8) is 0 Å². The van der Waals surface area contributed by atoms with E-state index in [2.05, 4.69) is 10.3 Å². The van der Waals surface area contributed by atoms with Crippen molar-refractivity contribution in [3.8, 4) is 0 Å². The van der Waals surface area contributed by atoms with Gasteiger partial charge in [0.25, 0.3) is 11.7 Å². The van der Waals surface area contributed by atoms with E-state index in [0.717, 1.165) is 16.6 Å². The number of carbonyl (C=O) groups is 3. The van der Waals surface area contributed by atoms with Crippen LogP contribution in [0, 0.1) is 13.8 Å². The third-order valence-electron chi connectivity index (χ3n) is 4.79. The van der Waals surface area contributed by atoms with Gasteiger partial charge in [-0.1, -0.05) is 48.0 Å². The van der Waals surface area contributed by atoms with Gasteiger partial charge in [-0.05, 0) is 32.4 Å². The van der Waals surface area contributed by atoms with Gasteiger partial charge < -0.3 is 15.0 Å². The van der Waals surface area contributed by atoms with E-state index >= 15 is 0 Å². The van der Waals surface area contributed by atoms with Crippen molar-refractivity contribution in [1.29, 1.82) is 0 Å². The number of aromatic nitrogens is 1. The van der Waals surface area contributed by atoms with E-state index in [9.17, 15) is 14.4 Å². The summed E-state index contributed by atoms with van der Waals surface area (Å²) >= 11 is 0. The van der Waals surface area contributed by atoms with Gasteiger partial charge in [0.15, 0.2) is 0 Å². The number of hydrogen-bond donors (Lipinski definition) is 2. The van der Waals surface area contributed by atoms with Crippen LogP contribution < -0.4 is 5.32 Å². The summed E-state index contributed by atoms with van der Waals surface area (Å²) in [5.41, 5.74) is 3.56. The van der Waals surface area contributed by atoms with Crippen molar-refractivity contribution in [3.05, 3.63) is 70.9 Å². The predicted octanol–water partition coefficient (Wildman–Crippen LogP) is 3.78. The van der Waals surface area contributed by atoms with E-state index in [-0.39, 0.29) is 13.0 Å². The van der Waals surface area contributed by atoms with E-state index in [1.807, 2.05) is 49.4 Å². The van der Waals surface area contributed by atoms with Crippen LogP contribution in [0.2, 0.25) is 0 Å². The maximum absolute atomic E-state index is 12.9. The number of rotatable bonds is 7. The molecule has 2 aromatic carbocycles. The fourth-order valence-electron chi connectivity index (χ4n) is 3.34. The molecule has 0 aliphatic heterocycles. The number of ketones is 1. The van der Waals surface area contributed by atoms with Crippen LogP contribution in [-0.2, 0) is 14.3 Å². The van der Waals surface area contributed by atoms with Gasteiger partial charge in [-0.25, -0.2) is 0 Å². The molecule has 1 heterocycles. The minimum absolute atomic E-state index is 0.0528. The Kier molecular flexibility index (Phi) is 6.12. The molecule has 2 N–H and O–H groups in total. The Labute approximate surface area is 169 Å². The number of nitrogens with one attached hydrogen (secondary N) is 2. The molecule has 0 bridgehead atoms. The highest BCUT2D eigenvalue weighted by atomic mass is 16.5. The van der Waals surface area contributed by atoms with Crippen molar-refractivity contribution in [2.75, 3.05) is 6.61 Å². The van der Waals surface area contributed by atoms with Gasteiger partial charge in [-0.15, -0.1) is 0 Å². The summed E-state index contributed by atoms with van der Waals surface area (Å²) in [6, 6.07) is 14.1. The first kappa shape index (κ1) is 20.3. The maximum Gasteiger partial charge on any atom is 0.308 e. The number of fused-ring (bicyclic) bond motifs is 1. The van der Waals surface area contributed by atoms with Crippen LogP contribution >= 0.6 is 0 Å². The number of Topliss-reactive ketones (excluding diaryl/α,β-unsaturated/α-hetero) is 1. The summed E-state index contributed by atoms with van der Waals surface area (Å²) in [4.78, 5) is 40.9. The first-order valence-corrected chi connectivity index (χ1v) is 9.55. The van der Waals surface area contributed by atoms with Gasteiger partial charge >= 0.3 is 5.97 Å². The molecule has 0 fully saturated rings. The molecule has 0 spiro atoms. The van der Waals surface area contributed by atoms with Gasteiger partial charge in [0.1, 0.15) is 0 Å². The second kappa shape index (κ2) is 8.73. The first-order valence-electron chi connectivity index (χ1n) is 9.55. The summed E-state index contributed by atoms with van der Waals surface area (Å²) < 4.78 is 5.03. The van der Waals surface area contributed by atoms with Gasteiger partial charge in [0.05, 0.1) is 24.6 Å². The smallest absolute Gasteiger partial charge is 0.308 e. The quantitative estimate of drug-likeness (QED) is 0.364. The molecule has 6 nitrogen and oxygen atoms in total. The van der Waals surface area contributed by atoms with Crippen molar-refractivity contribution in [2.45, 2.75) is 33.2 Å². The van der Waals surface area contributed by atoms with E-state index in [1.54, 1.807) is 19.9 Å². The monoisotopic (exact) mass is 392 g/mol. The Morgan fingerprint density at radius 1 is 1.03 bits per heavy atom. The van der Waals surface area contributed by atoms with Crippen LogP contribution in [-0.4, -0.2) is 29.3 Å². The largest absolute Gasteiger partial charge is 0.466 e. The van der Waals surface area contributed by atoms with Crippen molar-refractivity contribution >= 4 is 28.6 Å². The van der Waals surface area contributed by atoms with Crippen LogP contribution in [0.3, 0.4) is 0 Å². The molecule has 1 aromatic heterocycles. The minimum atomic E-state index is -0.757. The molecule has 0 aliphatic carbocycles. The van der Waals surface area contributed by atoms with Gasteiger partial charge in [-0.3, -0.25) is 14.4 Å². The lowest BCUT2D eigenvalue weighted by Gasteiger charge is -2.18. The Balaban J connectivity index is 1.86. The second-order valence-corrected chi connectivity index (χ2v) is 6.95. The molecule has 1 unspecified atom stereocenters. The lowest BCUT2D eigenvalue weighted by Crippen LogP contribution is -2.36. The standard InChI is InChI=1S/C23H24N2O4/c1-4-29-20(26)13-19(16-11-9-14(2)10-12-16)25-23(28)22(27)21-15(3)24-18-8-6-5-7-17(18)21/h5-12,19,24H,4,13H2,1-3H3,(H,25,28). The highest BCUT2D eigenvalue weighted by molar-refractivity contribution is 6.45. The summed E-state index contributed by atoms with van der Waals surface area (Å²) in [7, 11) is 0. The molecule has 0 saturated heterocycles. The summed E-state index contributed by atoms with van der Waals surface area (Å²) in [5.74, 6) is -1.83. The number of H-pyrrole nitrogens is 1. The molecule has 6 heteroatoms. The number of benzene rings is 2. The number of hydrogen-bond acceptors (Lipinski definition) is 4. The Morgan fingerprint density at radius 2 is 1.72 bits per heavy atom. The molecule has 1 atom stereocenters. The molecule has 1 amide bonds. The highest BCUT2D eigenvalue weighted by Crippen LogP contribution is 2.23. The lowest BCUT2D eigenvalue weighted by atomic mass is 10.0. The van der Waals surface area contributed by atoms with Gasteiger partial charge in [0.2, 0.25) is 0 Å². The molecule has 0 saturated carbocycles. The van der Waals surface area contributed by atoms with Crippen molar-refractivity contribution in [2.24, 2.45) is 0 Å². The average molecular weight is 392 g/mol. The SMILES string of the molecule is CCOC(=O)CC(NC(=O)C(=O)c1c(C)[nH]c2ccccc12)c1ccc(C)cc1. The molecular weight excluding hydrogens is 368 g/mol. The number of ether oxygens (including phenoxy) is 1. The van der Waals surface area contributed by atoms with E-state index in [0.29, 0.717) is 16.6 Å². The van der Waals surface area contributed by atoms with Crippen LogP contribution in [0.15, 0.2) is 48.5 Å². The zero-order valence-electron chi connectivity index (χ0n) is 16.7. The van der Waals surface area contributed by atoms with Crippen LogP contribution in [0.5, 0.6) is 0 Å². The van der Waals surface area contributed by atoms with Crippen LogP contribution in [0.25, 0.3) is 10.9 Å². The molecule has 0 aliphatic rings. The lowest BCUT2D eigenvalue weighted by molar-refractivity contribution is -0.143. The molecular formula is C23H24N2O4. The number of para-hydroxylation sites is 1. The van der Waals surface area contributed by atoms with Crippen LogP contribution in [0.4, 0.5) is 0 Å². The zero-order valence-corrected chi connectivity index (χ0v) is 16.7. The number of amides is 1. The molecule has 150 valence electrons. The van der Waals surface area contributed by atoms with E-state index in [4.69, 9.17) is 4.74 Å². The van der Waals surface area contributed by atoms with Gasteiger partial charge in [0, 0.05) is 16.6 Å². The summed E-state index contributed by atoms with van der Waals surface area (Å²) in [6.45, 7) is 5.68. The van der Waals surface area contributed by atoms with E-state index < -0.39 is 23.7 Å². The summed E-state index contributed by atoms with van der Waals surface area (Å²) in [6.07, 6.45) is -0.0528. The molecule has 29 heavy (non-hydrogen) atoms. The second-order valence-electron chi connectivity index (χ2n) is 6.95. The third kappa shape index (κ3) is 4.54. The molecule has 3 aromatic rings. The average Bonchev–Trinajstić information content (AvgIpc) is 3.03. The number of aryl methyl sites for hydroxylation is 2. The van der Waals surface area contributed by atoms with Crippen molar-refractivity contribution in [1.82, 2.24) is 10.3 Å². The zero-order chi connectivity index (χ0) is 21.0. The topological polar surface area (TPSA) is 88.3 Å². The first-order chi connectivity index (χ1) is 13.9. The summed E-state index contributed by atoms with van der Waals surface area (Å²) in [5, 5.41) is 3.42. The number of carbonyl (C=O) groups excluding carboxylic acids is 3. The fourth-order valence-corrected chi connectivity index (χ4v) is 3.34. The highest BCUT2D eigenvalue weighted by Gasteiger charge is 2.26. The minimum Gasteiger partial charge on any atom is -0.466 e. The molecule has 0 radical (unpaired) electrons. The van der Waals surface area contributed by atoms with Gasteiger partial charge in [-0.2, -0.15) is 0 Å². The van der Waals surface area contributed by atoms with Crippen LogP contribution in [0.1, 0.15) is 46.6 Å². The number of aromatic amines is 1. The normalized spacial score (nSPS) is 11.8. The maximum atomic E-state index is 12.9. The predicted molar refractivity (Wildman–Crippen MR) is 111 cm³/mol. The van der Waals surface area contributed by atoms with E-state index in [1.165, 1.54) is 0 Å². The third-order valence-corrected chi connectivity index (χ3v) is 4.79. The Morgan fingerprint density at radius 3 is 2.41 bits per heavy atom.